The van der Waals surface area contributed by atoms with Crippen molar-refractivity contribution < 1.29 is 9.52 Å². The molecule has 0 aliphatic carbocycles. The third-order valence-electron chi connectivity index (χ3n) is 3.07. The number of pyridine rings is 1. The zero-order valence-electron chi connectivity index (χ0n) is 10.1. The first-order valence-corrected chi connectivity index (χ1v) is 5.98. The molecule has 0 N–H and O–H groups in total. The number of para-hydroxylation sites is 1. The summed E-state index contributed by atoms with van der Waals surface area (Å²) in [7, 11) is 0. The van der Waals surface area contributed by atoms with Gasteiger partial charge in [0.05, 0.1) is 5.56 Å². The lowest BCUT2D eigenvalue weighted by Crippen LogP contribution is -2.28. The minimum absolute atomic E-state index is 0.137. The van der Waals surface area contributed by atoms with Crippen molar-refractivity contribution in [2.45, 2.75) is 0 Å². The molecular formula is C16H11NO2. The topological polar surface area (TPSA) is 44.0 Å². The molecule has 0 saturated carbocycles. The van der Waals surface area contributed by atoms with E-state index in [0.717, 1.165) is 10.1 Å². The molecule has 0 unspecified atom stereocenters. The van der Waals surface area contributed by atoms with Gasteiger partial charge in [0, 0.05) is 17.0 Å². The maximum atomic E-state index is 12.5. The van der Waals surface area contributed by atoms with Crippen molar-refractivity contribution in [3.05, 3.63) is 83.2 Å². The number of carbonyl (C=O) groups is 1. The van der Waals surface area contributed by atoms with Gasteiger partial charge in [0.1, 0.15) is 0 Å². The monoisotopic (exact) mass is 249 g/mol. The van der Waals surface area contributed by atoms with Crippen molar-refractivity contribution in [2.24, 2.45) is 0 Å². The standard InChI is InChI=1S/C16H11NO2/c18-16(13-6-2-1-3-7-13)14-10-4-8-12-9-5-11-17(19)15(12)14/h1-11H. The number of aromatic nitrogens is 1. The predicted molar refractivity (Wildman–Crippen MR) is 72.8 cm³/mol. The second kappa shape index (κ2) is 4.53. The van der Waals surface area contributed by atoms with E-state index in [1.807, 2.05) is 30.3 Å². The van der Waals surface area contributed by atoms with Crippen LogP contribution in [-0.2, 0) is 0 Å². The molecule has 0 atom stereocenters. The fourth-order valence-electron chi connectivity index (χ4n) is 2.17. The minimum atomic E-state index is -0.137. The van der Waals surface area contributed by atoms with Gasteiger partial charge < -0.3 is 5.21 Å². The first-order valence-electron chi connectivity index (χ1n) is 5.98. The SMILES string of the molecule is O=C(c1ccccc1)c1cccc2ccc[n+]([O-])c12. The quantitative estimate of drug-likeness (QED) is 0.398. The minimum Gasteiger partial charge on any atom is -0.618 e. The van der Waals surface area contributed by atoms with Crippen molar-refractivity contribution in [3.8, 4) is 0 Å². The fraction of sp³-hybridized carbons (Fsp3) is 0. The van der Waals surface area contributed by atoms with Crippen LogP contribution in [0.5, 0.6) is 0 Å². The maximum absolute atomic E-state index is 12.5. The molecule has 19 heavy (non-hydrogen) atoms. The molecule has 0 bridgehead atoms. The normalized spacial score (nSPS) is 10.5. The van der Waals surface area contributed by atoms with E-state index in [9.17, 15) is 10.0 Å². The van der Waals surface area contributed by atoms with E-state index < -0.39 is 0 Å². The summed E-state index contributed by atoms with van der Waals surface area (Å²) in [5, 5.41) is 12.7. The van der Waals surface area contributed by atoms with Gasteiger partial charge in [-0.15, -0.1) is 0 Å². The summed E-state index contributed by atoms with van der Waals surface area (Å²) in [5.41, 5.74) is 1.43. The maximum Gasteiger partial charge on any atom is 0.235 e. The van der Waals surface area contributed by atoms with Gasteiger partial charge in [0.2, 0.25) is 5.52 Å². The van der Waals surface area contributed by atoms with E-state index >= 15 is 0 Å². The number of hydrogen-bond donors (Lipinski definition) is 0. The lowest BCUT2D eigenvalue weighted by molar-refractivity contribution is -0.577. The van der Waals surface area contributed by atoms with Crippen LogP contribution < -0.4 is 4.73 Å². The van der Waals surface area contributed by atoms with Gasteiger partial charge in [-0.05, 0) is 18.2 Å². The summed E-state index contributed by atoms with van der Waals surface area (Å²) >= 11 is 0. The molecule has 0 spiro atoms. The summed E-state index contributed by atoms with van der Waals surface area (Å²) in [5.74, 6) is -0.137. The molecule has 0 amide bonds. The Morgan fingerprint density at radius 2 is 1.63 bits per heavy atom. The Morgan fingerprint density at radius 1 is 0.895 bits per heavy atom. The van der Waals surface area contributed by atoms with Crippen LogP contribution in [0.1, 0.15) is 15.9 Å². The summed E-state index contributed by atoms with van der Waals surface area (Å²) in [6.07, 6.45) is 1.41. The molecule has 0 fully saturated rings. The molecule has 1 aromatic heterocycles. The Hall–Kier alpha value is -2.68. The molecule has 2 aromatic carbocycles. The molecule has 0 radical (unpaired) electrons. The van der Waals surface area contributed by atoms with Crippen molar-refractivity contribution >= 4 is 16.7 Å². The van der Waals surface area contributed by atoms with Crippen molar-refractivity contribution in [1.82, 2.24) is 0 Å². The second-order valence-corrected chi connectivity index (χ2v) is 4.27. The Bertz CT molecular complexity index is 746. The summed E-state index contributed by atoms with van der Waals surface area (Å²) in [6, 6.07) is 17.8. The fourth-order valence-corrected chi connectivity index (χ4v) is 2.17. The van der Waals surface area contributed by atoms with Crippen LogP contribution in [0.4, 0.5) is 0 Å². The Morgan fingerprint density at radius 3 is 2.42 bits per heavy atom. The van der Waals surface area contributed by atoms with E-state index in [1.54, 1.807) is 30.3 Å². The molecule has 3 aromatic rings. The molecule has 92 valence electrons. The van der Waals surface area contributed by atoms with Crippen molar-refractivity contribution in [1.29, 1.82) is 0 Å². The van der Waals surface area contributed by atoms with E-state index in [4.69, 9.17) is 0 Å². The smallest absolute Gasteiger partial charge is 0.235 e. The van der Waals surface area contributed by atoms with Crippen molar-refractivity contribution in [2.75, 3.05) is 0 Å². The molecule has 3 heteroatoms. The Kier molecular flexibility index (Phi) is 2.72. The van der Waals surface area contributed by atoms with E-state index in [2.05, 4.69) is 0 Å². The lowest BCUT2D eigenvalue weighted by atomic mass is 10.0. The summed E-state index contributed by atoms with van der Waals surface area (Å²) in [6.45, 7) is 0. The first-order chi connectivity index (χ1) is 9.27. The van der Waals surface area contributed by atoms with E-state index in [1.165, 1.54) is 6.20 Å². The van der Waals surface area contributed by atoms with Crippen LogP contribution in [0.15, 0.2) is 66.9 Å². The number of fused-ring (bicyclic) bond motifs is 1. The molecule has 1 heterocycles. The third-order valence-corrected chi connectivity index (χ3v) is 3.07. The first kappa shape index (κ1) is 11.4. The highest BCUT2D eigenvalue weighted by Gasteiger charge is 2.17. The molecule has 3 nitrogen and oxygen atoms in total. The largest absolute Gasteiger partial charge is 0.618 e. The average Bonchev–Trinajstić information content (AvgIpc) is 2.47. The average molecular weight is 249 g/mol. The van der Waals surface area contributed by atoms with E-state index in [0.29, 0.717) is 16.6 Å². The molecule has 0 aliphatic heterocycles. The zero-order chi connectivity index (χ0) is 13.2. The molecule has 3 rings (SSSR count). The number of ketones is 1. The number of carbonyl (C=O) groups excluding carboxylic acids is 1. The van der Waals surface area contributed by atoms with E-state index in [-0.39, 0.29) is 5.78 Å². The van der Waals surface area contributed by atoms with Gasteiger partial charge in [-0.25, -0.2) is 0 Å². The van der Waals surface area contributed by atoms with Gasteiger partial charge in [-0.1, -0.05) is 36.4 Å². The second-order valence-electron chi connectivity index (χ2n) is 4.27. The summed E-state index contributed by atoms with van der Waals surface area (Å²) in [4.78, 5) is 12.5. The zero-order valence-corrected chi connectivity index (χ0v) is 10.1. The summed E-state index contributed by atoms with van der Waals surface area (Å²) < 4.78 is 0.742. The lowest BCUT2D eigenvalue weighted by Gasteiger charge is -2.06. The third kappa shape index (κ3) is 1.95. The highest BCUT2D eigenvalue weighted by Crippen LogP contribution is 2.18. The number of nitrogens with zero attached hydrogens (tertiary/aromatic N) is 1. The van der Waals surface area contributed by atoms with Crippen LogP contribution in [0.2, 0.25) is 0 Å². The van der Waals surface area contributed by atoms with Gasteiger partial charge >= 0.3 is 0 Å². The van der Waals surface area contributed by atoms with Gasteiger partial charge in [0.15, 0.2) is 12.0 Å². The highest BCUT2D eigenvalue weighted by atomic mass is 16.5. The van der Waals surface area contributed by atoms with Gasteiger partial charge in [-0.3, -0.25) is 4.79 Å². The van der Waals surface area contributed by atoms with Crippen molar-refractivity contribution in [3.63, 3.8) is 0 Å². The van der Waals surface area contributed by atoms with Crippen LogP contribution >= 0.6 is 0 Å². The number of benzene rings is 2. The highest BCUT2D eigenvalue weighted by molar-refractivity contribution is 6.14. The number of rotatable bonds is 2. The van der Waals surface area contributed by atoms with Gasteiger partial charge in [0.25, 0.3) is 0 Å². The molecular weight excluding hydrogens is 238 g/mol. The molecule has 0 aliphatic rings. The Balaban J connectivity index is 2.24. The van der Waals surface area contributed by atoms with Crippen LogP contribution in [0.3, 0.4) is 0 Å². The Labute approximate surface area is 110 Å². The predicted octanol–water partition coefficient (Wildman–Crippen LogP) is 2.70. The van der Waals surface area contributed by atoms with Crippen LogP contribution in [-0.4, -0.2) is 5.78 Å². The van der Waals surface area contributed by atoms with Crippen LogP contribution in [0, 0.1) is 5.21 Å². The molecule has 0 saturated heterocycles. The van der Waals surface area contributed by atoms with Crippen LogP contribution in [0.25, 0.3) is 10.9 Å². The van der Waals surface area contributed by atoms with Gasteiger partial charge in [-0.2, -0.15) is 4.73 Å². The number of hydrogen-bond acceptors (Lipinski definition) is 2.